The smallest absolute Gasteiger partial charge is 0.259 e. The monoisotopic (exact) mass is 311 g/mol. The third-order valence-electron chi connectivity index (χ3n) is 3.96. The number of benzene rings is 1. The van der Waals surface area contributed by atoms with E-state index < -0.39 is 5.82 Å². The Balaban J connectivity index is 1.77. The van der Waals surface area contributed by atoms with Crippen molar-refractivity contribution in [2.24, 2.45) is 0 Å². The summed E-state index contributed by atoms with van der Waals surface area (Å²) >= 11 is 0. The van der Waals surface area contributed by atoms with Gasteiger partial charge in [-0.3, -0.25) is 4.79 Å². The highest BCUT2D eigenvalue weighted by Gasteiger charge is 2.28. The van der Waals surface area contributed by atoms with Crippen LogP contribution in [0, 0.1) is 12.7 Å². The van der Waals surface area contributed by atoms with E-state index in [4.69, 9.17) is 4.52 Å². The Morgan fingerprint density at radius 1 is 1.35 bits per heavy atom. The molecule has 1 amide bonds. The summed E-state index contributed by atoms with van der Waals surface area (Å²) in [6, 6.07) is 7.59. The molecule has 1 aliphatic rings. The first-order valence-corrected chi connectivity index (χ1v) is 7.45. The number of pyridine rings is 1. The van der Waals surface area contributed by atoms with Crippen LogP contribution in [-0.2, 0) is 0 Å². The molecule has 1 saturated carbocycles. The second-order valence-electron chi connectivity index (χ2n) is 5.78. The third-order valence-corrected chi connectivity index (χ3v) is 3.96. The van der Waals surface area contributed by atoms with E-state index in [0.29, 0.717) is 34.0 Å². The summed E-state index contributed by atoms with van der Waals surface area (Å²) in [6.45, 7) is 1.77. The Morgan fingerprint density at radius 3 is 2.91 bits per heavy atom. The van der Waals surface area contributed by atoms with Gasteiger partial charge < -0.3 is 9.84 Å². The Hall–Kier alpha value is -2.76. The molecule has 116 valence electrons. The summed E-state index contributed by atoms with van der Waals surface area (Å²) in [5.41, 5.74) is 2.69. The van der Waals surface area contributed by atoms with E-state index in [-0.39, 0.29) is 5.91 Å². The summed E-state index contributed by atoms with van der Waals surface area (Å²) in [7, 11) is 0. The predicted octanol–water partition coefficient (Wildman–Crippen LogP) is 3.80. The summed E-state index contributed by atoms with van der Waals surface area (Å²) in [5.74, 6) is -0.343. The number of carbonyl (C=O) groups is 1. The molecule has 2 aromatic heterocycles. The fourth-order valence-corrected chi connectivity index (χ4v) is 2.65. The number of hydrogen-bond donors (Lipinski definition) is 1. The molecule has 0 radical (unpaired) electrons. The second kappa shape index (κ2) is 5.15. The number of aryl methyl sites for hydroxylation is 1. The molecule has 1 fully saturated rings. The maximum absolute atomic E-state index is 13.3. The minimum absolute atomic E-state index is 0.323. The van der Waals surface area contributed by atoms with Gasteiger partial charge in [-0.05, 0) is 44.0 Å². The third kappa shape index (κ3) is 2.56. The van der Waals surface area contributed by atoms with Gasteiger partial charge in [0.25, 0.3) is 11.6 Å². The van der Waals surface area contributed by atoms with Crippen molar-refractivity contribution in [3.8, 4) is 0 Å². The lowest BCUT2D eigenvalue weighted by molar-refractivity contribution is 0.102. The van der Waals surface area contributed by atoms with Gasteiger partial charge in [-0.1, -0.05) is 11.2 Å². The van der Waals surface area contributed by atoms with Crippen LogP contribution in [-0.4, -0.2) is 16.0 Å². The number of anilines is 1. The van der Waals surface area contributed by atoms with Crippen LogP contribution in [0.3, 0.4) is 0 Å². The van der Waals surface area contributed by atoms with E-state index in [1.165, 1.54) is 12.1 Å². The van der Waals surface area contributed by atoms with Crippen molar-refractivity contribution in [2.45, 2.75) is 25.7 Å². The Morgan fingerprint density at radius 2 is 2.17 bits per heavy atom. The van der Waals surface area contributed by atoms with Crippen LogP contribution >= 0.6 is 0 Å². The number of fused-ring (bicyclic) bond motifs is 1. The van der Waals surface area contributed by atoms with Crippen molar-refractivity contribution in [2.75, 3.05) is 5.32 Å². The Bertz CT molecular complexity index is 915. The van der Waals surface area contributed by atoms with Crippen LogP contribution < -0.4 is 5.32 Å². The van der Waals surface area contributed by atoms with Crippen molar-refractivity contribution >= 4 is 22.7 Å². The molecule has 0 saturated heterocycles. The van der Waals surface area contributed by atoms with Crippen LogP contribution in [0.4, 0.5) is 10.1 Å². The minimum atomic E-state index is -0.400. The number of amides is 1. The fraction of sp³-hybridized carbons (Fsp3) is 0.235. The molecule has 0 bridgehead atoms. The highest BCUT2D eigenvalue weighted by Crippen LogP contribution is 2.40. The molecule has 23 heavy (non-hydrogen) atoms. The molecule has 0 spiro atoms. The molecular weight excluding hydrogens is 297 g/mol. The molecule has 6 heteroatoms. The first kappa shape index (κ1) is 13.9. The van der Waals surface area contributed by atoms with Crippen molar-refractivity contribution < 1.29 is 13.7 Å². The van der Waals surface area contributed by atoms with E-state index in [1.54, 1.807) is 25.1 Å². The van der Waals surface area contributed by atoms with Gasteiger partial charge in [0.2, 0.25) is 0 Å². The highest BCUT2D eigenvalue weighted by molar-refractivity contribution is 6.12. The molecule has 0 unspecified atom stereocenters. The van der Waals surface area contributed by atoms with Crippen LogP contribution in [0.25, 0.3) is 11.1 Å². The summed E-state index contributed by atoms with van der Waals surface area (Å²) in [4.78, 5) is 17.1. The maximum Gasteiger partial charge on any atom is 0.259 e. The molecule has 1 aromatic carbocycles. The number of aromatic nitrogens is 2. The number of carbonyl (C=O) groups excluding carboxylic acids is 1. The molecular formula is C17H14FN3O2. The summed E-state index contributed by atoms with van der Waals surface area (Å²) in [6.07, 6.45) is 2.13. The average molecular weight is 311 g/mol. The molecule has 1 N–H and O–H groups in total. The van der Waals surface area contributed by atoms with Gasteiger partial charge in [0.05, 0.1) is 16.6 Å². The predicted molar refractivity (Wildman–Crippen MR) is 82.9 cm³/mol. The molecule has 2 heterocycles. The number of nitrogens with one attached hydrogen (secondary N) is 1. The van der Waals surface area contributed by atoms with Crippen LogP contribution in [0.15, 0.2) is 34.9 Å². The largest absolute Gasteiger partial charge is 0.336 e. The van der Waals surface area contributed by atoms with Gasteiger partial charge in [0.1, 0.15) is 5.82 Å². The van der Waals surface area contributed by atoms with Gasteiger partial charge in [0.15, 0.2) is 0 Å². The number of hydrogen-bond acceptors (Lipinski definition) is 4. The molecule has 1 aliphatic carbocycles. The number of rotatable bonds is 3. The fourth-order valence-electron chi connectivity index (χ4n) is 2.65. The lowest BCUT2D eigenvalue weighted by Crippen LogP contribution is -2.13. The van der Waals surface area contributed by atoms with Crippen LogP contribution in [0.2, 0.25) is 0 Å². The first-order valence-electron chi connectivity index (χ1n) is 7.45. The SMILES string of the molecule is Cc1noc2nc(C3CC3)cc(C(=O)Nc3cccc(F)c3)c12. The molecule has 4 rings (SSSR count). The van der Waals surface area contributed by atoms with Gasteiger partial charge in [0, 0.05) is 17.3 Å². The van der Waals surface area contributed by atoms with Gasteiger partial charge >= 0.3 is 0 Å². The van der Waals surface area contributed by atoms with Gasteiger partial charge in [-0.25, -0.2) is 9.37 Å². The number of nitrogens with zero attached hydrogens (tertiary/aromatic N) is 2. The molecule has 0 atom stereocenters. The van der Waals surface area contributed by atoms with Crippen LogP contribution in [0.1, 0.15) is 40.5 Å². The second-order valence-corrected chi connectivity index (χ2v) is 5.78. The topological polar surface area (TPSA) is 68.0 Å². The zero-order valence-electron chi connectivity index (χ0n) is 12.5. The molecule has 3 aromatic rings. The standard InChI is InChI=1S/C17H14FN3O2/c1-9-15-13(16(22)19-12-4-2-3-11(18)7-12)8-14(10-5-6-10)20-17(15)23-21-9/h2-4,7-8,10H,5-6H2,1H3,(H,19,22). The molecule has 0 aliphatic heterocycles. The normalized spacial score (nSPS) is 14.2. The van der Waals surface area contributed by atoms with Crippen molar-refractivity contribution in [3.05, 3.63) is 53.1 Å². The van der Waals surface area contributed by atoms with E-state index in [0.717, 1.165) is 18.5 Å². The average Bonchev–Trinajstić information content (AvgIpc) is 3.31. The zero-order chi connectivity index (χ0) is 16.0. The van der Waals surface area contributed by atoms with Gasteiger partial charge in [-0.2, -0.15) is 0 Å². The van der Waals surface area contributed by atoms with Crippen molar-refractivity contribution in [1.29, 1.82) is 0 Å². The van der Waals surface area contributed by atoms with Crippen molar-refractivity contribution in [1.82, 2.24) is 10.1 Å². The summed E-state index contributed by atoms with van der Waals surface area (Å²) in [5, 5.41) is 7.22. The quantitative estimate of drug-likeness (QED) is 0.799. The van der Waals surface area contributed by atoms with Gasteiger partial charge in [-0.15, -0.1) is 0 Å². The van der Waals surface area contributed by atoms with E-state index in [2.05, 4.69) is 15.5 Å². The summed E-state index contributed by atoms with van der Waals surface area (Å²) < 4.78 is 18.5. The van der Waals surface area contributed by atoms with E-state index in [9.17, 15) is 9.18 Å². The number of halogens is 1. The highest BCUT2D eigenvalue weighted by atomic mass is 19.1. The van der Waals surface area contributed by atoms with Crippen LogP contribution in [0.5, 0.6) is 0 Å². The van der Waals surface area contributed by atoms with E-state index in [1.807, 2.05) is 0 Å². The Labute approximate surface area is 131 Å². The lowest BCUT2D eigenvalue weighted by atomic mass is 10.1. The Kier molecular flexibility index (Phi) is 3.11. The maximum atomic E-state index is 13.3. The van der Waals surface area contributed by atoms with E-state index >= 15 is 0 Å². The first-order chi connectivity index (χ1) is 11.1. The lowest BCUT2D eigenvalue weighted by Gasteiger charge is -2.08. The molecule has 5 nitrogen and oxygen atoms in total. The zero-order valence-corrected chi connectivity index (χ0v) is 12.5. The minimum Gasteiger partial charge on any atom is -0.336 e. The van der Waals surface area contributed by atoms with Crippen molar-refractivity contribution in [3.63, 3.8) is 0 Å².